The van der Waals surface area contributed by atoms with Crippen LogP contribution >= 0.6 is 0 Å². The van der Waals surface area contributed by atoms with Gasteiger partial charge in [0.15, 0.2) is 0 Å². The second-order valence-corrected chi connectivity index (χ2v) is 18.4. The zero-order chi connectivity index (χ0) is 16.4. The molecule has 22 heavy (non-hydrogen) atoms. The van der Waals surface area contributed by atoms with E-state index in [-0.39, 0.29) is 0 Å². The van der Waals surface area contributed by atoms with Crippen molar-refractivity contribution in [1.29, 1.82) is 0 Å². The monoisotopic (exact) mass is 412 g/mol. The van der Waals surface area contributed by atoms with Gasteiger partial charge in [-0.05, 0) is 0 Å². The summed E-state index contributed by atoms with van der Waals surface area (Å²) in [5.41, 5.74) is 2.72. The maximum atomic E-state index is 6.93. The molecule has 0 aliphatic heterocycles. The average molecular weight is 411 g/mol. The first kappa shape index (κ1) is 19.9. The summed E-state index contributed by atoms with van der Waals surface area (Å²) in [5, 5.41) is 0. The van der Waals surface area contributed by atoms with Gasteiger partial charge >= 0.3 is 143 Å². The molecule has 0 unspecified atom stereocenters. The molecule has 0 bridgehead atoms. The predicted octanol–water partition coefficient (Wildman–Crippen LogP) is 7.03. The molecule has 0 radical (unpaired) electrons. The van der Waals surface area contributed by atoms with Crippen molar-refractivity contribution in [3.63, 3.8) is 0 Å². The van der Waals surface area contributed by atoms with Gasteiger partial charge in [-0.3, -0.25) is 0 Å². The third-order valence-electron chi connectivity index (χ3n) is 4.84. The standard InChI is InChI=1S/C8H10O.3C4H9.Sn/c1-6-4-3-5-8(9)7(6)2;3*1-3-4-2;/h3-5,9H,1-2H3;3*1,3-4H2,2H3;/q;;;;+1/p-1. The van der Waals surface area contributed by atoms with Crippen molar-refractivity contribution < 1.29 is 3.07 Å². The number of benzene rings is 1. The van der Waals surface area contributed by atoms with Crippen LogP contribution in [-0.2, 0) is 0 Å². The Labute approximate surface area is 143 Å². The Balaban J connectivity index is 3.00. The number of hydrogen-bond acceptors (Lipinski definition) is 1. The minimum absolute atomic E-state index is 1.19. The molecule has 1 nitrogen and oxygen atoms in total. The van der Waals surface area contributed by atoms with Crippen LogP contribution in [0.25, 0.3) is 0 Å². The van der Waals surface area contributed by atoms with Crippen LogP contribution < -0.4 is 3.07 Å². The molecule has 0 aromatic heterocycles. The Kier molecular flexibility index (Phi) is 9.54. The van der Waals surface area contributed by atoms with Crippen molar-refractivity contribution in [3.05, 3.63) is 29.3 Å². The van der Waals surface area contributed by atoms with Gasteiger partial charge in [0.25, 0.3) is 0 Å². The molecule has 0 atom stereocenters. The van der Waals surface area contributed by atoms with Crippen LogP contribution in [0.4, 0.5) is 0 Å². The summed E-state index contributed by atoms with van der Waals surface area (Å²) < 4.78 is 11.1. The van der Waals surface area contributed by atoms with Crippen LogP contribution in [-0.4, -0.2) is 18.8 Å². The minimum atomic E-state index is -2.52. The van der Waals surface area contributed by atoms with Gasteiger partial charge in [-0.1, -0.05) is 0 Å². The number of unbranched alkanes of at least 4 members (excludes halogenated alkanes) is 3. The zero-order valence-electron chi connectivity index (χ0n) is 15.5. The number of rotatable bonds is 11. The molecule has 0 heterocycles. The first-order valence-corrected chi connectivity index (χ1v) is 16.6. The molecule has 2 heteroatoms. The summed E-state index contributed by atoms with van der Waals surface area (Å²) in [7, 11) is 0. The third kappa shape index (κ3) is 6.14. The van der Waals surface area contributed by atoms with E-state index in [4.69, 9.17) is 3.07 Å². The summed E-state index contributed by atoms with van der Waals surface area (Å²) in [5.74, 6) is 1.19. The van der Waals surface area contributed by atoms with E-state index in [2.05, 4.69) is 52.8 Å². The van der Waals surface area contributed by atoms with E-state index in [1.54, 1.807) is 0 Å². The second kappa shape index (κ2) is 10.6. The molecular weight excluding hydrogens is 375 g/mol. The summed E-state index contributed by atoms with van der Waals surface area (Å²) in [6, 6.07) is 6.56. The van der Waals surface area contributed by atoms with Gasteiger partial charge in [0.1, 0.15) is 0 Å². The van der Waals surface area contributed by atoms with E-state index in [9.17, 15) is 0 Å². The molecular formula is C20H36OSn. The summed E-state index contributed by atoms with van der Waals surface area (Å²) in [6.45, 7) is 11.4. The Hall–Kier alpha value is -0.181. The van der Waals surface area contributed by atoms with Gasteiger partial charge in [-0.15, -0.1) is 0 Å². The molecule has 0 spiro atoms. The normalized spacial score (nSPS) is 11.7. The van der Waals surface area contributed by atoms with E-state index in [1.807, 2.05) is 0 Å². The fourth-order valence-corrected chi connectivity index (χ4v) is 16.6. The van der Waals surface area contributed by atoms with Crippen LogP contribution in [0.5, 0.6) is 5.75 Å². The van der Waals surface area contributed by atoms with Crippen LogP contribution in [0.15, 0.2) is 18.2 Å². The van der Waals surface area contributed by atoms with Crippen LogP contribution in [0.2, 0.25) is 13.3 Å². The van der Waals surface area contributed by atoms with Gasteiger partial charge in [0.2, 0.25) is 0 Å². The third-order valence-corrected chi connectivity index (χ3v) is 17.5. The fourth-order valence-electron chi connectivity index (χ4n) is 3.09. The average Bonchev–Trinajstić information content (AvgIpc) is 2.53. The number of aryl methyl sites for hydroxylation is 1. The van der Waals surface area contributed by atoms with Crippen molar-refractivity contribution in [2.24, 2.45) is 0 Å². The Morgan fingerprint density at radius 1 is 0.818 bits per heavy atom. The van der Waals surface area contributed by atoms with Crippen molar-refractivity contribution in [2.75, 3.05) is 0 Å². The summed E-state index contributed by atoms with van der Waals surface area (Å²) in [6.07, 6.45) is 7.96. The van der Waals surface area contributed by atoms with Crippen LogP contribution in [0, 0.1) is 13.8 Å². The van der Waals surface area contributed by atoms with Gasteiger partial charge in [-0.2, -0.15) is 0 Å². The molecule has 126 valence electrons. The van der Waals surface area contributed by atoms with Crippen molar-refractivity contribution >= 4 is 18.8 Å². The SMILES string of the molecule is CCC[CH2][Sn]([CH2]CCC)([CH2]CCC)[O]c1cccc(C)c1C. The van der Waals surface area contributed by atoms with Crippen LogP contribution in [0.3, 0.4) is 0 Å². The molecule has 0 aliphatic rings. The van der Waals surface area contributed by atoms with E-state index in [1.165, 1.54) is 68.7 Å². The molecule has 0 N–H and O–H groups in total. The van der Waals surface area contributed by atoms with Crippen LogP contribution in [0.1, 0.15) is 70.4 Å². The van der Waals surface area contributed by atoms with E-state index < -0.39 is 18.8 Å². The summed E-state index contributed by atoms with van der Waals surface area (Å²) >= 11 is -2.52. The van der Waals surface area contributed by atoms with Gasteiger partial charge in [0, 0.05) is 0 Å². The quantitative estimate of drug-likeness (QED) is 0.356. The Morgan fingerprint density at radius 2 is 1.32 bits per heavy atom. The first-order valence-electron chi connectivity index (χ1n) is 9.33. The predicted molar refractivity (Wildman–Crippen MR) is 101 cm³/mol. The molecule has 1 aromatic carbocycles. The molecule has 1 rings (SSSR count). The van der Waals surface area contributed by atoms with E-state index in [0.29, 0.717) is 0 Å². The fraction of sp³-hybridized carbons (Fsp3) is 0.700. The Morgan fingerprint density at radius 3 is 1.77 bits per heavy atom. The Bertz CT molecular complexity index is 406. The van der Waals surface area contributed by atoms with Crippen molar-refractivity contribution in [3.8, 4) is 5.75 Å². The molecule has 0 saturated heterocycles. The molecule has 0 aliphatic carbocycles. The topological polar surface area (TPSA) is 9.23 Å². The van der Waals surface area contributed by atoms with Crippen molar-refractivity contribution in [2.45, 2.75) is 86.5 Å². The molecule has 1 aromatic rings. The van der Waals surface area contributed by atoms with E-state index in [0.717, 1.165) is 0 Å². The molecule has 0 amide bonds. The zero-order valence-corrected chi connectivity index (χ0v) is 18.4. The first-order chi connectivity index (χ1) is 10.6. The van der Waals surface area contributed by atoms with Gasteiger partial charge in [0.05, 0.1) is 0 Å². The number of hydrogen-bond donors (Lipinski definition) is 0. The molecule has 0 fully saturated rings. The van der Waals surface area contributed by atoms with Gasteiger partial charge in [-0.25, -0.2) is 0 Å². The maximum absolute atomic E-state index is 6.93. The van der Waals surface area contributed by atoms with Crippen molar-refractivity contribution in [1.82, 2.24) is 0 Å². The summed E-state index contributed by atoms with van der Waals surface area (Å²) in [4.78, 5) is 0. The molecule has 0 saturated carbocycles. The van der Waals surface area contributed by atoms with Gasteiger partial charge < -0.3 is 0 Å². The second-order valence-electron chi connectivity index (χ2n) is 6.79. The van der Waals surface area contributed by atoms with E-state index >= 15 is 0 Å².